The van der Waals surface area contributed by atoms with Crippen LogP contribution < -0.4 is 10.1 Å². The van der Waals surface area contributed by atoms with Gasteiger partial charge in [-0.2, -0.15) is 4.98 Å². The molecular formula is C12H14N4O2S. The van der Waals surface area contributed by atoms with Crippen molar-refractivity contribution in [2.75, 3.05) is 11.9 Å². The maximum absolute atomic E-state index is 11.7. The number of aromatic nitrogens is 3. The second-order valence-corrected chi connectivity index (χ2v) is 4.64. The largest absolute Gasteiger partial charge is 0.463 e. The van der Waals surface area contributed by atoms with Gasteiger partial charge in [0.1, 0.15) is 0 Å². The lowest BCUT2D eigenvalue weighted by atomic mass is 10.3. The van der Waals surface area contributed by atoms with Crippen LogP contribution in [0.5, 0.6) is 6.01 Å². The van der Waals surface area contributed by atoms with Crippen molar-refractivity contribution in [2.45, 2.75) is 13.8 Å². The first-order valence-corrected chi connectivity index (χ1v) is 6.65. The van der Waals surface area contributed by atoms with Gasteiger partial charge in [-0.3, -0.25) is 10.1 Å². The minimum Gasteiger partial charge on any atom is -0.463 e. The van der Waals surface area contributed by atoms with Crippen molar-refractivity contribution in [1.29, 1.82) is 0 Å². The van der Waals surface area contributed by atoms with E-state index in [0.717, 1.165) is 10.4 Å². The van der Waals surface area contributed by atoms with Crippen LogP contribution >= 0.6 is 11.3 Å². The maximum atomic E-state index is 11.7. The molecule has 0 bridgehead atoms. The third-order valence-electron chi connectivity index (χ3n) is 2.27. The number of aryl methyl sites for hydroxylation is 1. The van der Waals surface area contributed by atoms with E-state index in [1.54, 1.807) is 17.4 Å². The molecule has 100 valence electrons. The van der Waals surface area contributed by atoms with Crippen LogP contribution in [0.15, 0.2) is 17.5 Å². The van der Waals surface area contributed by atoms with Gasteiger partial charge in [0.15, 0.2) is 0 Å². The van der Waals surface area contributed by atoms with Crippen molar-refractivity contribution in [2.24, 2.45) is 0 Å². The minimum atomic E-state index is -0.271. The predicted molar refractivity (Wildman–Crippen MR) is 74.3 cm³/mol. The van der Waals surface area contributed by atoms with E-state index in [-0.39, 0.29) is 17.9 Å². The summed E-state index contributed by atoms with van der Waals surface area (Å²) in [6, 6.07) is 2.23. The molecule has 1 amide bonds. The molecule has 0 aliphatic carbocycles. The number of carbonyl (C=O) groups excluding carboxylic acids is 1. The number of H-pyrrole nitrogens is 1. The first-order valence-electron chi connectivity index (χ1n) is 5.77. The number of aromatic amines is 1. The van der Waals surface area contributed by atoms with E-state index in [4.69, 9.17) is 4.74 Å². The number of anilines is 1. The molecule has 6 nitrogen and oxygen atoms in total. The molecule has 0 aliphatic heterocycles. The van der Waals surface area contributed by atoms with Crippen molar-refractivity contribution >= 4 is 29.3 Å². The Hall–Kier alpha value is -2.15. The number of nitrogens with zero attached hydrogens (tertiary/aromatic N) is 2. The molecule has 0 atom stereocenters. The van der Waals surface area contributed by atoms with Crippen LogP contribution in [0.25, 0.3) is 6.08 Å². The highest BCUT2D eigenvalue weighted by molar-refractivity contribution is 7.11. The maximum Gasteiger partial charge on any atom is 0.337 e. The van der Waals surface area contributed by atoms with Crippen LogP contribution in [0.2, 0.25) is 0 Å². The van der Waals surface area contributed by atoms with Gasteiger partial charge in [-0.05, 0) is 36.9 Å². The van der Waals surface area contributed by atoms with E-state index in [2.05, 4.69) is 20.5 Å². The fourth-order valence-electron chi connectivity index (χ4n) is 1.36. The summed E-state index contributed by atoms with van der Waals surface area (Å²) in [5.74, 6) is -0.00648. The average Bonchev–Trinajstić information content (AvgIpc) is 2.97. The Morgan fingerprint density at radius 2 is 2.47 bits per heavy atom. The van der Waals surface area contributed by atoms with E-state index in [9.17, 15) is 4.79 Å². The second-order valence-electron chi connectivity index (χ2n) is 3.69. The van der Waals surface area contributed by atoms with Crippen LogP contribution in [0, 0.1) is 6.92 Å². The topological polar surface area (TPSA) is 79.9 Å². The molecule has 2 aromatic rings. The molecule has 0 aliphatic rings. The van der Waals surface area contributed by atoms with Crippen LogP contribution in [-0.2, 0) is 4.79 Å². The van der Waals surface area contributed by atoms with Crippen LogP contribution in [0.4, 0.5) is 5.95 Å². The molecule has 0 spiro atoms. The molecule has 0 saturated heterocycles. The summed E-state index contributed by atoms with van der Waals surface area (Å²) in [6.45, 7) is 4.31. The van der Waals surface area contributed by atoms with E-state index < -0.39 is 0 Å². The average molecular weight is 278 g/mol. The van der Waals surface area contributed by atoms with Crippen LogP contribution in [-0.4, -0.2) is 27.7 Å². The van der Waals surface area contributed by atoms with Crippen LogP contribution in [0.3, 0.4) is 0 Å². The van der Waals surface area contributed by atoms with Crippen LogP contribution in [0.1, 0.15) is 17.4 Å². The van der Waals surface area contributed by atoms with Crippen molar-refractivity contribution in [1.82, 2.24) is 15.2 Å². The number of amides is 1. The summed E-state index contributed by atoms with van der Waals surface area (Å²) in [6.07, 6.45) is 3.23. The Morgan fingerprint density at radius 3 is 3.16 bits per heavy atom. The summed E-state index contributed by atoms with van der Waals surface area (Å²) in [5.41, 5.74) is 1.15. The summed E-state index contributed by atoms with van der Waals surface area (Å²) >= 11 is 1.59. The molecule has 0 saturated carbocycles. The van der Waals surface area contributed by atoms with E-state index in [1.807, 2.05) is 25.3 Å². The van der Waals surface area contributed by atoms with Gasteiger partial charge >= 0.3 is 6.01 Å². The molecule has 0 aromatic carbocycles. The lowest BCUT2D eigenvalue weighted by Gasteiger charge is -1.95. The Kier molecular flexibility index (Phi) is 4.30. The first kappa shape index (κ1) is 13.3. The molecule has 0 radical (unpaired) electrons. The third kappa shape index (κ3) is 3.65. The van der Waals surface area contributed by atoms with Gasteiger partial charge in [0.2, 0.25) is 5.95 Å². The number of carbonyl (C=O) groups is 1. The van der Waals surface area contributed by atoms with Crippen molar-refractivity contribution < 1.29 is 9.53 Å². The third-order valence-corrected chi connectivity index (χ3v) is 3.25. The summed E-state index contributed by atoms with van der Waals surface area (Å²) in [4.78, 5) is 16.7. The number of hydrogen-bond donors (Lipinski definition) is 2. The number of ether oxygens (including phenoxy) is 1. The Bertz CT molecular complexity index is 588. The van der Waals surface area contributed by atoms with Gasteiger partial charge in [0.05, 0.1) is 6.61 Å². The zero-order chi connectivity index (χ0) is 13.7. The predicted octanol–water partition coefficient (Wildman–Crippen LogP) is 2.23. The fraction of sp³-hybridized carbons (Fsp3) is 0.250. The zero-order valence-electron chi connectivity index (χ0n) is 10.6. The minimum absolute atomic E-state index is 0.218. The van der Waals surface area contributed by atoms with Gasteiger partial charge in [0, 0.05) is 11.0 Å². The second kappa shape index (κ2) is 6.14. The van der Waals surface area contributed by atoms with Crippen molar-refractivity contribution in [3.8, 4) is 6.01 Å². The van der Waals surface area contributed by atoms with Crippen molar-refractivity contribution in [3.63, 3.8) is 0 Å². The van der Waals surface area contributed by atoms with E-state index in [0.29, 0.717) is 6.61 Å². The molecule has 2 aromatic heterocycles. The summed E-state index contributed by atoms with van der Waals surface area (Å²) < 4.78 is 5.08. The SMILES string of the molecule is CCOc1n[nH]c(NC(=O)/C=C/c2sccc2C)n1. The van der Waals surface area contributed by atoms with E-state index >= 15 is 0 Å². The molecule has 2 rings (SSSR count). The Labute approximate surface area is 114 Å². The standard InChI is InChI=1S/C12H14N4O2S/c1-3-18-12-14-11(15-16-12)13-10(17)5-4-9-8(2)6-7-19-9/h4-7H,3H2,1-2H3,(H2,13,14,15,16,17)/b5-4+. The number of hydrogen-bond acceptors (Lipinski definition) is 5. The quantitative estimate of drug-likeness (QED) is 0.822. The first-order chi connectivity index (χ1) is 9.19. The highest BCUT2D eigenvalue weighted by atomic mass is 32.1. The molecule has 2 heterocycles. The smallest absolute Gasteiger partial charge is 0.337 e. The molecule has 0 unspecified atom stereocenters. The molecule has 19 heavy (non-hydrogen) atoms. The molecule has 7 heteroatoms. The van der Waals surface area contributed by atoms with Gasteiger partial charge in [-0.15, -0.1) is 16.4 Å². The summed E-state index contributed by atoms with van der Waals surface area (Å²) in [5, 5.41) is 10.9. The van der Waals surface area contributed by atoms with Gasteiger partial charge in [0.25, 0.3) is 5.91 Å². The lowest BCUT2D eigenvalue weighted by molar-refractivity contribution is -0.111. The van der Waals surface area contributed by atoms with E-state index in [1.165, 1.54) is 6.08 Å². The molecule has 0 fully saturated rings. The van der Waals surface area contributed by atoms with Gasteiger partial charge in [-0.25, -0.2) is 5.10 Å². The normalized spacial score (nSPS) is 10.8. The number of nitrogens with one attached hydrogen (secondary N) is 2. The van der Waals surface area contributed by atoms with Gasteiger partial charge in [-0.1, -0.05) is 0 Å². The van der Waals surface area contributed by atoms with Gasteiger partial charge < -0.3 is 4.74 Å². The molecular weight excluding hydrogens is 264 g/mol. The Morgan fingerprint density at radius 1 is 1.63 bits per heavy atom. The highest BCUT2D eigenvalue weighted by Crippen LogP contribution is 2.17. The molecule has 2 N–H and O–H groups in total. The monoisotopic (exact) mass is 278 g/mol. The number of rotatable bonds is 5. The highest BCUT2D eigenvalue weighted by Gasteiger charge is 2.05. The fourth-order valence-corrected chi connectivity index (χ4v) is 2.18. The summed E-state index contributed by atoms with van der Waals surface area (Å²) in [7, 11) is 0. The Balaban J connectivity index is 1.93. The zero-order valence-corrected chi connectivity index (χ0v) is 11.5. The van der Waals surface area contributed by atoms with Crippen molar-refractivity contribution in [3.05, 3.63) is 28.0 Å². The lowest BCUT2D eigenvalue weighted by Crippen LogP contribution is -2.09. The number of thiophene rings is 1.